The first-order valence-corrected chi connectivity index (χ1v) is 4.33. The number of rotatable bonds is 1. The van der Waals surface area contributed by atoms with Gasteiger partial charge in [0.05, 0.1) is 6.61 Å². The number of aliphatic hydroxyl groups is 1. The zero-order chi connectivity index (χ0) is 10.3. The SMILES string of the molecule is CC1(C)OCC(C2OC(=O)[C]=C2O)O1. The summed E-state index contributed by atoms with van der Waals surface area (Å²) in [6.45, 7) is 3.80. The number of carbonyl (C=O) groups is 1. The smallest absolute Gasteiger partial charge is 0.343 e. The van der Waals surface area contributed by atoms with Gasteiger partial charge < -0.3 is 19.3 Å². The van der Waals surface area contributed by atoms with Gasteiger partial charge in [0.2, 0.25) is 0 Å². The predicted octanol–water partition coefficient (Wildman–Crippen LogP) is 0.308. The van der Waals surface area contributed by atoms with Crippen molar-refractivity contribution in [2.24, 2.45) is 0 Å². The number of cyclic esters (lactones) is 1. The minimum atomic E-state index is -0.774. The quantitative estimate of drug-likeness (QED) is 0.615. The summed E-state index contributed by atoms with van der Waals surface area (Å²) < 4.78 is 15.5. The lowest BCUT2D eigenvalue weighted by Crippen LogP contribution is -2.32. The molecule has 0 amide bonds. The molecule has 2 heterocycles. The van der Waals surface area contributed by atoms with Gasteiger partial charge in [0, 0.05) is 0 Å². The van der Waals surface area contributed by atoms with Crippen LogP contribution in [0.15, 0.2) is 5.76 Å². The molecule has 5 heteroatoms. The van der Waals surface area contributed by atoms with Crippen LogP contribution in [0, 0.1) is 6.08 Å². The lowest BCUT2D eigenvalue weighted by Gasteiger charge is -2.20. The molecule has 1 fully saturated rings. The van der Waals surface area contributed by atoms with Crippen molar-refractivity contribution in [1.82, 2.24) is 0 Å². The Morgan fingerprint density at radius 3 is 2.71 bits per heavy atom. The lowest BCUT2D eigenvalue weighted by molar-refractivity contribution is -0.162. The van der Waals surface area contributed by atoms with Crippen LogP contribution in [0.4, 0.5) is 0 Å². The summed E-state index contributed by atoms with van der Waals surface area (Å²) in [4.78, 5) is 10.8. The molecule has 0 aromatic heterocycles. The highest BCUT2D eigenvalue weighted by Gasteiger charge is 2.43. The first kappa shape index (κ1) is 9.48. The van der Waals surface area contributed by atoms with Gasteiger partial charge in [-0.1, -0.05) is 0 Å². The van der Waals surface area contributed by atoms with Crippen LogP contribution >= 0.6 is 0 Å². The highest BCUT2D eigenvalue weighted by atomic mass is 16.8. The first-order chi connectivity index (χ1) is 6.48. The molecule has 0 bridgehead atoms. The van der Waals surface area contributed by atoms with Crippen LogP contribution in [-0.2, 0) is 19.0 Å². The summed E-state index contributed by atoms with van der Waals surface area (Å²) in [5, 5.41) is 9.31. The average molecular weight is 199 g/mol. The number of carbonyl (C=O) groups excluding carboxylic acids is 1. The van der Waals surface area contributed by atoms with Crippen molar-refractivity contribution in [1.29, 1.82) is 0 Å². The third-order valence-electron chi connectivity index (χ3n) is 2.10. The molecule has 0 aliphatic carbocycles. The minimum absolute atomic E-state index is 0.221. The van der Waals surface area contributed by atoms with Crippen molar-refractivity contribution in [3.8, 4) is 0 Å². The fourth-order valence-corrected chi connectivity index (χ4v) is 1.49. The Bertz CT molecular complexity index is 294. The molecule has 14 heavy (non-hydrogen) atoms. The molecule has 1 N–H and O–H groups in total. The van der Waals surface area contributed by atoms with Crippen LogP contribution in [0.5, 0.6) is 0 Å². The van der Waals surface area contributed by atoms with Gasteiger partial charge in [0.15, 0.2) is 17.7 Å². The lowest BCUT2D eigenvalue weighted by atomic mass is 10.2. The fourth-order valence-electron chi connectivity index (χ4n) is 1.49. The maximum Gasteiger partial charge on any atom is 0.343 e. The average Bonchev–Trinajstić information content (AvgIpc) is 2.55. The standard InChI is InChI=1S/C9H11O5/c1-9(2)12-4-6(14-9)8-5(10)3-7(11)13-8/h6,8,10H,4H2,1-2H3. The van der Waals surface area contributed by atoms with Gasteiger partial charge in [-0.15, -0.1) is 0 Å². The maximum absolute atomic E-state index is 10.8. The van der Waals surface area contributed by atoms with E-state index in [0.717, 1.165) is 0 Å². The molecule has 0 spiro atoms. The summed E-state index contributed by atoms with van der Waals surface area (Å²) in [7, 11) is 0. The molecule has 77 valence electrons. The largest absolute Gasteiger partial charge is 0.507 e. The van der Waals surface area contributed by atoms with Crippen molar-refractivity contribution < 1.29 is 24.1 Å². The van der Waals surface area contributed by atoms with Crippen LogP contribution in [-0.4, -0.2) is 35.7 Å². The van der Waals surface area contributed by atoms with Crippen molar-refractivity contribution in [2.75, 3.05) is 6.61 Å². The molecule has 2 aliphatic heterocycles. The highest BCUT2D eigenvalue weighted by Crippen LogP contribution is 2.29. The van der Waals surface area contributed by atoms with Crippen molar-refractivity contribution in [3.63, 3.8) is 0 Å². The third kappa shape index (κ3) is 1.60. The van der Waals surface area contributed by atoms with E-state index in [1.54, 1.807) is 13.8 Å². The van der Waals surface area contributed by atoms with Gasteiger partial charge in [-0.3, -0.25) is 0 Å². The molecule has 2 aliphatic rings. The fraction of sp³-hybridized carbons (Fsp3) is 0.667. The van der Waals surface area contributed by atoms with E-state index in [-0.39, 0.29) is 12.4 Å². The first-order valence-electron chi connectivity index (χ1n) is 4.33. The Labute approximate surface area is 81.3 Å². The van der Waals surface area contributed by atoms with E-state index in [4.69, 9.17) is 14.2 Å². The Morgan fingerprint density at radius 1 is 1.57 bits per heavy atom. The van der Waals surface area contributed by atoms with Crippen LogP contribution in [0.3, 0.4) is 0 Å². The minimum Gasteiger partial charge on any atom is -0.507 e. The van der Waals surface area contributed by atoms with Gasteiger partial charge in [-0.2, -0.15) is 0 Å². The maximum atomic E-state index is 10.8. The normalized spacial score (nSPS) is 35.6. The second-order valence-corrected chi connectivity index (χ2v) is 3.70. The summed E-state index contributed by atoms with van der Waals surface area (Å²) >= 11 is 0. The van der Waals surface area contributed by atoms with E-state index in [2.05, 4.69) is 6.08 Å². The third-order valence-corrected chi connectivity index (χ3v) is 2.10. The number of ether oxygens (including phenoxy) is 3. The van der Waals surface area contributed by atoms with Gasteiger partial charge in [-0.05, 0) is 13.8 Å². The van der Waals surface area contributed by atoms with Crippen LogP contribution in [0.1, 0.15) is 13.8 Å². The van der Waals surface area contributed by atoms with Crippen LogP contribution < -0.4 is 0 Å². The van der Waals surface area contributed by atoms with E-state index < -0.39 is 24.0 Å². The van der Waals surface area contributed by atoms with Crippen molar-refractivity contribution in [3.05, 3.63) is 11.8 Å². The van der Waals surface area contributed by atoms with Gasteiger partial charge in [-0.25, -0.2) is 4.79 Å². The molecular weight excluding hydrogens is 188 g/mol. The Balaban J connectivity index is 2.05. The van der Waals surface area contributed by atoms with E-state index in [1.807, 2.05) is 0 Å². The second-order valence-electron chi connectivity index (χ2n) is 3.70. The van der Waals surface area contributed by atoms with Gasteiger partial charge in [0.1, 0.15) is 12.2 Å². The molecule has 5 nitrogen and oxygen atoms in total. The Kier molecular flexibility index (Phi) is 2.01. The number of esters is 1. The van der Waals surface area contributed by atoms with E-state index in [9.17, 15) is 9.90 Å². The van der Waals surface area contributed by atoms with Crippen molar-refractivity contribution >= 4 is 5.97 Å². The zero-order valence-electron chi connectivity index (χ0n) is 7.94. The highest BCUT2D eigenvalue weighted by molar-refractivity contribution is 5.80. The Hall–Kier alpha value is -1.07. The molecule has 1 radical (unpaired) electrons. The zero-order valence-corrected chi connectivity index (χ0v) is 7.94. The molecule has 2 atom stereocenters. The predicted molar refractivity (Wildman–Crippen MR) is 44.2 cm³/mol. The summed E-state index contributed by atoms with van der Waals surface area (Å²) in [6.07, 6.45) is 0.918. The van der Waals surface area contributed by atoms with E-state index in [0.29, 0.717) is 0 Å². The molecule has 0 saturated carbocycles. The number of hydrogen-bond donors (Lipinski definition) is 1. The summed E-state index contributed by atoms with van der Waals surface area (Å²) in [5.74, 6) is -1.58. The molecule has 1 saturated heterocycles. The number of hydrogen-bond acceptors (Lipinski definition) is 5. The monoisotopic (exact) mass is 199 g/mol. The topological polar surface area (TPSA) is 65.0 Å². The molecule has 2 unspecified atom stereocenters. The van der Waals surface area contributed by atoms with Gasteiger partial charge >= 0.3 is 5.97 Å². The Morgan fingerprint density at radius 2 is 2.29 bits per heavy atom. The molecule has 0 aromatic carbocycles. The molecular formula is C9H11O5. The van der Waals surface area contributed by atoms with Gasteiger partial charge in [0.25, 0.3) is 0 Å². The second kappa shape index (κ2) is 2.96. The number of aliphatic hydroxyl groups excluding tert-OH is 1. The van der Waals surface area contributed by atoms with E-state index >= 15 is 0 Å². The van der Waals surface area contributed by atoms with Crippen molar-refractivity contribution in [2.45, 2.75) is 31.8 Å². The summed E-state index contributed by atoms with van der Waals surface area (Å²) in [5.41, 5.74) is 0. The molecule has 0 aromatic rings. The van der Waals surface area contributed by atoms with Crippen LogP contribution in [0.25, 0.3) is 0 Å². The van der Waals surface area contributed by atoms with Crippen LogP contribution in [0.2, 0.25) is 0 Å². The molecule has 2 rings (SSSR count). The summed E-state index contributed by atoms with van der Waals surface area (Å²) in [6, 6.07) is 0. The van der Waals surface area contributed by atoms with E-state index in [1.165, 1.54) is 0 Å².